The van der Waals surface area contributed by atoms with E-state index < -0.39 is 0 Å². The highest BCUT2D eigenvalue weighted by atomic mass is 32.1. The molecular formula is C9H10N4S. The Labute approximate surface area is 86.0 Å². The predicted octanol–water partition coefficient (Wildman–Crippen LogP) is 1.73. The fraction of sp³-hybridized carbons (Fsp3) is 0.111. The van der Waals surface area contributed by atoms with E-state index in [4.69, 9.17) is 5.73 Å². The minimum absolute atomic E-state index is 0.722. The molecule has 5 heteroatoms. The third-order valence-corrected chi connectivity index (χ3v) is 2.38. The summed E-state index contributed by atoms with van der Waals surface area (Å²) in [6.45, 7) is 0.722. The minimum Gasteiger partial charge on any atom is -0.399 e. The van der Waals surface area contributed by atoms with Crippen molar-refractivity contribution in [1.29, 1.82) is 0 Å². The van der Waals surface area contributed by atoms with Gasteiger partial charge in [-0.3, -0.25) is 0 Å². The Morgan fingerprint density at radius 2 is 2.36 bits per heavy atom. The zero-order valence-corrected chi connectivity index (χ0v) is 8.29. The topological polar surface area (TPSA) is 63.8 Å². The number of benzene rings is 1. The van der Waals surface area contributed by atoms with Gasteiger partial charge in [-0.25, -0.2) is 4.98 Å². The third kappa shape index (κ3) is 2.20. The molecule has 4 nitrogen and oxygen atoms in total. The molecule has 1 aromatic carbocycles. The van der Waals surface area contributed by atoms with E-state index in [0.717, 1.165) is 22.9 Å². The fourth-order valence-electron chi connectivity index (χ4n) is 1.13. The molecule has 0 aliphatic rings. The summed E-state index contributed by atoms with van der Waals surface area (Å²) >= 11 is 1.34. The molecule has 0 aliphatic carbocycles. The number of nitrogens with one attached hydrogen (secondary N) is 1. The van der Waals surface area contributed by atoms with Crippen molar-refractivity contribution in [3.8, 4) is 0 Å². The van der Waals surface area contributed by atoms with Gasteiger partial charge in [0, 0.05) is 23.8 Å². The van der Waals surface area contributed by atoms with Crippen molar-refractivity contribution in [2.24, 2.45) is 0 Å². The normalized spacial score (nSPS) is 10.0. The Kier molecular flexibility index (Phi) is 2.60. The van der Waals surface area contributed by atoms with Crippen LogP contribution in [0.1, 0.15) is 5.56 Å². The van der Waals surface area contributed by atoms with Crippen molar-refractivity contribution >= 4 is 22.4 Å². The summed E-state index contributed by atoms with van der Waals surface area (Å²) in [7, 11) is 0. The van der Waals surface area contributed by atoms with E-state index in [1.807, 2.05) is 24.3 Å². The number of nitrogens with zero attached hydrogens (tertiary/aromatic N) is 2. The van der Waals surface area contributed by atoms with Gasteiger partial charge in [0.05, 0.1) is 0 Å². The van der Waals surface area contributed by atoms with Gasteiger partial charge in [-0.2, -0.15) is 4.37 Å². The van der Waals surface area contributed by atoms with Gasteiger partial charge in [-0.1, -0.05) is 12.1 Å². The maximum Gasteiger partial charge on any atom is 0.202 e. The number of hydrogen-bond donors (Lipinski definition) is 2. The van der Waals surface area contributed by atoms with Gasteiger partial charge in [0.25, 0.3) is 0 Å². The van der Waals surface area contributed by atoms with Gasteiger partial charge in [-0.15, -0.1) is 0 Å². The Hall–Kier alpha value is -1.62. The molecule has 0 saturated heterocycles. The largest absolute Gasteiger partial charge is 0.399 e. The van der Waals surface area contributed by atoms with Crippen LogP contribution in [0.2, 0.25) is 0 Å². The van der Waals surface area contributed by atoms with Gasteiger partial charge < -0.3 is 11.1 Å². The second-order valence-corrected chi connectivity index (χ2v) is 3.63. The quantitative estimate of drug-likeness (QED) is 0.751. The Morgan fingerprint density at radius 3 is 3.07 bits per heavy atom. The van der Waals surface area contributed by atoms with Crippen molar-refractivity contribution < 1.29 is 0 Å². The predicted molar refractivity (Wildman–Crippen MR) is 58.1 cm³/mol. The molecule has 0 fully saturated rings. The smallest absolute Gasteiger partial charge is 0.202 e. The lowest BCUT2D eigenvalue weighted by Gasteiger charge is -2.02. The molecule has 1 aromatic heterocycles. The molecule has 14 heavy (non-hydrogen) atoms. The molecule has 0 bridgehead atoms. The number of aromatic nitrogens is 2. The van der Waals surface area contributed by atoms with Crippen LogP contribution in [0.25, 0.3) is 0 Å². The first-order valence-corrected chi connectivity index (χ1v) is 4.97. The molecule has 1 heterocycles. The number of hydrogen-bond acceptors (Lipinski definition) is 5. The van der Waals surface area contributed by atoms with Crippen LogP contribution in [-0.4, -0.2) is 9.36 Å². The van der Waals surface area contributed by atoms with E-state index in [0.29, 0.717) is 0 Å². The molecular weight excluding hydrogens is 196 g/mol. The van der Waals surface area contributed by atoms with Crippen LogP contribution in [0.4, 0.5) is 10.8 Å². The van der Waals surface area contributed by atoms with Crippen molar-refractivity contribution in [3.05, 3.63) is 36.2 Å². The summed E-state index contributed by atoms with van der Waals surface area (Å²) in [5, 5.41) is 3.98. The maximum absolute atomic E-state index is 5.65. The first kappa shape index (κ1) is 8.96. The standard InChI is InChI=1S/C9H10N4S/c10-8-3-1-2-7(4-8)5-11-9-12-6-13-14-9/h1-4,6H,5,10H2,(H,11,12,13). The van der Waals surface area contributed by atoms with E-state index in [9.17, 15) is 0 Å². The van der Waals surface area contributed by atoms with E-state index in [1.165, 1.54) is 17.9 Å². The fourth-order valence-corrected chi connectivity index (χ4v) is 1.56. The number of rotatable bonds is 3. The molecule has 2 aromatic rings. The van der Waals surface area contributed by atoms with Gasteiger partial charge in [0.2, 0.25) is 5.13 Å². The maximum atomic E-state index is 5.65. The lowest BCUT2D eigenvalue weighted by atomic mass is 10.2. The first-order valence-electron chi connectivity index (χ1n) is 4.19. The van der Waals surface area contributed by atoms with Crippen LogP contribution in [0.3, 0.4) is 0 Å². The number of nitrogen functional groups attached to an aromatic ring is 1. The monoisotopic (exact) mass is 206 g/mol. The Morgan fingerprint density at radius 1 is 1.43 bits per heavy atom. The zero-order chi connectivity index (χ0) is 9.80. The molecule has 3 N–H and O–H groups in total. The second-order valence-electron chi connectivity index (χ2n) is 2.85. The van der Waals surface area contributed by atoms with Crippen molar-refractivity contribution in [1.82, 2.24) is 9.36 Å². The van der Waals surface area contributed by atoms with Crippen LogP contribution in [0.15, 0.2) is 30.6 Å². The van der Waals surface area contributed by atoms with Crippen molar-refractivity contribution in [2.75, 3.05) is 11.1 Å². The average Bonchev–Trinajstić information content (AvgIpc) is 2.67. The molecule has 0 atom stereocenters. The summed E-state index contributed by atoms with van der Waals surface area (Å²) in [6, 6.07) is 7.76. The van der Waals surface area contributed by atoms with Gasteiger partial charge in [-0.05, 0) is 17.7 Å². The third-order valence-electron chi connectivity index (χ3n) is 1.76. The SMILES string of the molecule is Nc1cccc(CNc2ncns2)c1. The molecule has 0 unspecified atom stereocenters. The van der Waals surface area contributed by atoms with Crippen LogP contribution in [0.5, 0.6) is 0 Å². The van der Waals surface area contributed by atoms with Crippen molar-refractivity contribution in [2.45, 2.75) is 6.54 Å². The minimum atomic E-state index is 0.722. The van der Waals surface area contributed by atoms with Gasteiger partial charge in [0.1, 0.15) is 6.33 Å². The summed E-state index contributed by atoms with van der Waals surface area (Å²) in [4.78, 5) is 4.02. The second kappa shape index (κ2) is 4.06. The number of anilines is 2. The summed E-state index contributed by atoms with van der Waals surface area (Å²) in [5.41, 5.74) is 7.57. The highest BCUT2D eigenvalue weighted by molar-refractivity contribution is 7.09. The zero-order valence-electron chi connectivity index (χ0n) is 7.47. The lowest BCUT2D eigenvalue weighted by molar-refractivity contribution is 1.13. The molecule has 72 valence electrons. The average molecular weight is 206 g/mol. The summed E-state index contributed by atoms with van der Waals surface area (Å²) in [6.07, 6.45) is 1.53. The molecule has 2 rings (SSSR count). The highest BCUT2D eigenvalue weighted by Crippen LogP contribution is 2.11. The molecule has 0 saturated carbocycles. The number of nitrogens with two attached hydrogens (primary N) is 1. The summed E-state index contributed by atoms with van der Waals surface area (Å²) < 4.78 is 3.90. The Balaban J connectivity index is 1.98. The summed E-state index contributed by atoms with van der Waals surface area (Å²) in [5.74, 6) is 0. The first-order chi connectivity index (χ1) is 6.84. The van der Waals surface area contributed by atoms with Gasteiger partial charge in [0.15, 0.2) is 0 Å². The highest BCUT2D eigenvalue weighted by Gasteiger charge is 1.96. The van der Waals surface area contributed by atoms with E-state index >= 15 is 0 Å². The van der Waals surface area contributed by atoms with Crippen LogP contribution in [0, 0.1) is 0 Å². The van der Waals surface area contributed by atoms with E-state index in [-0.39, 0.29) is 0 Å². The molecule has 0 amide bonds. The van der Waals surface area contributed by atoms with Crippen LogP contribution in [-0.2, 0) is 6.54 Å². The molecule has 0 aliphatic heterocycles. The molecule has 0 radical (unpaired) electrons. The van der Waals surface area contributed by atoms with Crippen LogP contribution >= 0.6 is 11.5 Å². The van der Waals surface area contributed by atoms with E-state index in [2.05, 4.69) is 14.7 Å². The van der Waals surface area contributed by atoms with E-state index in [1.54, 1.807) is 0 Å². The lowest BCUT2D eigenvalue weighted by Crippen LogP contribution is -1.99. The van der Waals surface area contributed by atoms with Crippen molar-refractivity contribution in [3.63, 3.8) is 0 Å². The van der Waals surface area contributed by atoms with Gasteiger partial charge >= 0.3 is 0 Å². The van der Waals surface area contributed by atoms with Crippen LogP contribution < -0.4 is 11.1 Å². The molecule has 0 spiro atoms. The Bertz CT molecular complexity index is 399.